The third-order valence-corrected chi connectivity index (χ3v) is 7.03. The molecule has 0 aliphatic carbocycles. The first-order valence-electron chi connectivity index (χ1n) is 11.5. The molecule has 2 aromatic rings. The molecule has 0 unspecified atom stereocenters. The van der Waals surface area contributed by atoms with E-state index in [0.29, 0.717) is 0 Å². The van der Waals surface area contributed by atoms with Gasteiger partial charge in [-0.3, -0.25) is 9.89 Å². The molecule has 31 heavy (non-hydrogen) atoms. The summed E-state index contributed by atoms with van der Waals surface area (Å²) in [5.41, 5.74) is 5.28. The smallest absolute Gasteiger partial charge is 0.191 e. The molecule has 0 amide bonds. The number of benzene rings is 2. The van der Waals surface area contributed by atoms with Crippen molar-refractivity contribution in [2.45, 2.75) is 32.5 Å². The van der Waals surface area contributed by atoms with Gasteiger partial charge in [0.2, 0.25) is 0 Å². The molecular weight excluding hydrogens is 402 g/mol. The predicted molar refractivity (Wildman–Crippen MR) is 134 cm³/mol. The Morgan fingerprint density at radius 2 is 1.35 bits per heavy atom. The summed E-state index contributed by atoms with van der Waals surface area (Å²) in [4.78, 5) is 9.39. The molecule has 0 aromatic heterocycles. The van der Waals surface area contributed by atoms with Gasteiger partial charge in [0, 0.05) is 57.0 Å². The number of anilines is 1. The van der Waals surface area contributed by atoms with Crippen LogP contribution in [0.15, 0.2) is 53.5 Å². The molecule has 2 aromatic carbocycles. The van der Waals surface area contributed by atoms with Gasteiger partial charge in [0.15, 0.2) is 5.96 Å². The molecule has 2 aliphatic heterocycles. The van der Waals surface area contributed by atoms with Crippen LogP contribution in [0.4, 0.5) is 5.69 Å². The maximum atomic E-state index is 4.37. The third-order valence-electron chi connectivity index (χ3n) is 6.08. The molecule has 0 spiro atoms. The standard InChI is InChI=1S/C25H35N5S/c1-26-25(27-18-21-4-6-23(7-5-21)20-29-12-2-3-13-29)28-19-22-8-10-24(11-9-22)30-14-16-31-17-15-30/h4-11H,2-3,12-20H2,1H3,(H2,26,27,28). The Hall–Kier alpha value is -2.18. The van der Waals surface area contributed by atoms with Crippen LogP contribution < -0.4 is 15.5 Å². The fourth-order valence-corrected chi connectivity index (χ4v) is 5.10. The zero-order valence-corrected chi connectivity index (χ0v) is 19.5. The van der Waals surface area contributed by atoms with Gasteiger partial charge in [-0.05, 0) is 54.8 Å². The minimum Gasteiger partial charge on any atom is -0.370 e. The van der Waals surface area contributed by atoms with Crippen LogP contribution in [-0.2, 0) is 19.6 Å². The molecule has 2 fully saturated rings. The first-order chi connectivity index (χ1) is 15.3. The van der Waals surface area contributed by atoms with Gasteiger partial charge in [0.25, 0.3) is 0 Å². The fraction of sp³-hybridized carbons (Fsp3) is 0.480. The second-order valence-electron chi connectivity index (χ2n) is 8.34. The van der Waals surface area contributed by atoms with Crippen LogP contribution in [0.1, 0.15) is 29.5 Å². The molecule has 2 heterocycles. The second kappa shape index (κ2) is 11.4. The van der Waals surface area contributed by atoms with Gasteiger partial charge >= 0.3 is 0 Å². The lowest BCUT2D eigenvalue weighted by Gasteiger charge is -2.28. The molecule has 2 aliphatic rings. The third kappa shape index (κ3) is 6.65. The van der Waals surface area contributed by atoms with Crippen molar-refractivity contribution in [2.24, 2.45) is 4.99 Å². The van der Waals surface area contributed by atoms with Crippen LogP contribution in [0.3, 0.4) is 0 Å². The summed E-state index contributed by atoms with van der Waals surface area (Å²) in [5.74, 6) is 3.29. The van der Waals surface area contributed by atoms with Gasteiger partial charge in [-0.1, -0.05) is 36.4 Å². The zero-order chi connectivity index (χ0) is 21.3. The molecule has 166 valence electrons. The van der Waals surface area contributed by atoms with Crippen LogP contribution in [0.2, 0.25) is 0 Å². The SMILES string of the molecule is CN=C(NCc1ccc(CN2CCCC2)cc1)NCc1ccc(N2CCSCC2)cc1. The number of hydrogen-bond acceptors (Lipinski definition) is 4. The highest BCUT2D eigenvalue weighted by Gasteiger charge is 2.12. The topological polar surface area (TPSA) is 42.9 Å². The first-order valence-corrected chi connectivity index (χ1v) is 12.6. The molecule has 2 N–H and O–H groups in total. The van der Waals surface area contributed by atoms with E-state index in [1.54, 1.807) is 0 Å². The fourth-order valence-electron chi connectivity index (χ4n) is 4.20. The molecule has 0 saturated carbocycles. The van der Waals surface area contributed by atoms with Crippen molar-refractivity contribution >= 4 is 23.4 Å². The molecule has 0 radical (unpaired) electrons. The zero-order valence-electron chi connectivity index (χ0n) is 18.6. The molecule has 0 bridgehead atoms. The number of likely N-dealkylation sites (tertiary alicyclic amines) is 1. The normalized spacial score (nSPS) is 17.7. The summed E-state index contributed by atoms with van der Waals surface area (Å²) >= 11 is 2.05. The maximum Gasteiger partial charge on any atom is 0.191 e. The highest BCUT2D eigenvalue weighted by molar-refractivity contribution is 7.99. The van der Waals surface area contributed by atoms with Crippen molar-refractivity contribution < 1.29 is 0 Å². The number of guanidine groups is 1. The molecule has 4 rings (SSSR count). The van der Waals surface area contributed by atoms with Crippen LogP contribution in [-0.4, -0.2) is 55.6 Å². The highest BCUT2D eigenvalue weighted by atomic mass is 32.2. The van der Waals surface area contributed by atoms with E-state index in [1.165, 1.54) is 59.8 Å². The average molecular weight is 438 g/mol. The predicted octanol–water partition coefficient (Wildman–Crippen LogP) is 3.70. The first kappa shape index (κ1) is 22.0. The quantitative estimate of drug-likeness (QED) is 0.511. The number of nitrogens with one attached hydrogen (secondary N) is 2. The average Bonchev–Trinajstić information content (AvgIpc) is 3.34. The Balaban J connectivity index is 1.21. The van der Waals surface area contributed by atoms with E-state index in [-0.39, 0.29) is 0 Å². The minimum atomic E-state index is 0.768. The Morgan fingerprint density at radius 1 is 0.806 bits per heavy atom. The van der Waals surface area contributed by atoms with E-state index in [9.17, 15) is 0 Å². The lowest BCUT2D eigenvalue weighted by Crippen LogP contribution is -2.36. The van der Waals surface area contributed by atoms with E-state index in [1.807, 2.05) is 18.8 Å². The summed E-state index contributed by atoms with van der Waals surface area (Å²) < 4.78 is 0. The van der Waals surface area contributed by atoms with Crippen molar-refractivity contribution in [3.8, 4) is 0 Å². The second-order valence-corrected chi connectivity index (χ2v) is 9.57. The summed E-state index contributed by atoms with van der Waals surface area (Å²) in [6.45, 7) is 7.40. The van der Waals surface area contributed by atoms with Gasteiger partial charge in [-0.25, -0.2) is 0 Å². The molecular formula is C25H35N5S. The van der Waals surface area contributed by atoms with E-state index in [0.717, 1.165) is 38.7 Å². The number of aliphatic imine (C=N–C) groups is 1. The highest BCUT2D eigenvalue weighted by Crippen LogP contribution is 2.20. The van der Waals surface area contributed by atoms with Crippen molar-refractivity contribution in [1.82, 2.24) is 15.5 Å². The Labute approximate surface area is 191 Å². The molecule has 6 heteroatoms. The molecule has 5 nitrogen and oxygen atoms in total. The van der Waals surface area contributed by atoms with Crippen LogP contribution in [0, 0.1) is 0 Å². The Kier molecular flexibility index (Phi) is 8.13. The van der Waals surface area contributed by atoms with Gasteiger partial charge < -0.3 is 15.5 Å². The Bertz CT molecular complexity index is 822. The van der Waals surface area contributed by atoms with Crippen LogP contribution in [0.5, 0.6) is 0 Å². The van der Waals surface area contributed by atoms with Crippen LogP contribution >= 0.6 is 11.8 Å². The van der Waals surface area contributed by atoms with E-state index in [2.05, 4.69) is 74.0 Å². The summed E-state index contributed by atoms with van der Waals surface area (Å²) in [5, 5.41) is 6.86. The Morgan fingerprint density at radius 3 is 1.94 bits per heavy atom. The molecule has 0 atom stereocenters. The van der Waals surface area contributed by atoms with Gasteiger partial charge in [-0.2, -0.15) is 11.8 Å². The minimum absolute atomic E-state index is 0.768. The van der Waals surface area contributed by atoms with E-state index >= 15 is 0 Å². The lowest BCUT2D eigenvalue weighted by atomic mass is 10.1. The number of hydrogen-bond donors (Lipinski definition) is 2. The largest absolute Gasteiger partial charge is 0.370 e. The van der Waals surface area contributed by atoms with Gasteiger partial charge in [0.05, 0.1) is 0 Å². The van der Waals surface area contributed by atoms with Gasteiger partial charge in [-0.15, -0.1) is 0 Å². The van der Waals surface area contributed by atoms with Gasteiger partial charge in [0.1, 0.15) is 0 Å². The van der Waals surface area contributed by atoms with E-state index in [4.69, 9.17) is 0 Å². The van der Waals surface area contributed by atoms with Crippen molar-refractivity contribution in [3.05, 3.63) is 65.2 Å². The summed E-state index contributed by atoms with van der Waals surface area (Å²) in [6, 6.07) is 17.9. The van der Waals surface area contributed by atoms with E-state index < -0.39 is 0 Å². The summed E-state index contributed by atoms with van der Waals surface area (Å²) in [6.07, 6.45) is 2.69. The summed E-state index contributed by atoms with van der Waals surface area (Å²) in [7, 11) is 1.83. The monoisotopic (exact) mass is 437 g/mol. The van der Waals surface area contributed by atoms with Crippen molar-refractivity contribution in [1.29, 1.82) is 0 Å². The van der Waals surface area contributed by atoms with Crippen molar-refractivity contribution in [3.63, 3.8) is 0 Å². The van der Waals surface area contributed by atoms with Crippen LogP contribution in [0.25, 0.3) is 0 Å². The number of rotatable bonds is 7. The molecule has 2 saturated heterocycles. The lowest BCUT2D eigenvalue weighted by molar-refractivity contribution is 0.331. The number of nitrogens with zero attached hydrogens (tertiary/aromatic N) is 3. The number of thioether (sulfide) groups is 1. The maximum absolute atomic E-state index is 4.37. The van der Waals surface area contributed by atoms with Crippen molar-refractivity contribution in [2.75, 3.05) is 49.6 Å².